The van der Waals surface area contributed by atoms with Crippen molar-refractivity contribution in [3.05, 3.63) is 59.0 Å². The fourth-order valence-corrected chi connectivity index (χ4v) is 4.42. The maximum atomic E-state index is 13.1. The molecular weight excluding hydrogens is 584 g/mol. The molecule has 14 nitrogen and oxygen atoms in total. The Labute approximate surface area is 250 Å². The first-order chi connectivity index (χ1) is 20.9. The van der Waals surface area contributed by atoms with E-state index in [1.165, 1.54) is 32.2 Å². The van der Waals surface area contributed by atoms with Crippen LogP contribution in [0, 0.1) is 0 Å². The van der Waals surface area contributed by atoms with Gasteiger partial charge in [-0.2, -0.15) is 0 Å². The standard InChI is InChI=1S/C30H30O14/c1-15(31)37-14-25-27(39-16(2)32)28(40-17(3)33)29(41-18(4)34)30(44-25)43-21-10-11-22-23(12-21)38-13-24(26(22)35)42-20-8-6-19(36-5)7-9-20/h6-13,25,27-30H,14H2,1-5H3/t25-,27-,28+,29-,30-/m1/s1. The predicted molar refractivity (Wildman–Crippen MR) is 148 cm³/mol. The summed E-state index contributed by atoms with van der Waals surface area (Å²) < 4.78 is 49.6. The Hall–Kier alpha value is -5.11. The van der Waals surface area contributed by atoms with Gasteiger partial charge >= 0.3 is 23.9 Å². The van der Waals surface area contributed by atoms with Crippen molar-refractivity contribution in [2.45, 2.75) is 58.4 Å². The zero-order chi connectivity index (χ0) is 32.0. The molecule has 0 spiro atoms. The summed E-state index contributed by atoms with van der Waals surface area (Å²) in [6.45, 7) is 4.10. The molecule has 0 bridgehead atoms. The molecule has 234 valence electrons. The molecule has 1 aromatic heterocycles. The van der Waals surface area contributed by atoms with Crippen molar-refractivity contribution >= 4 is 34.8 Å². The largest absolute Gasteiger partial charge is 0.497 e. The lowest BCUT2D eigenvalue weighted by Gasteiger charge is -2.43. The average molecular weight is 615 g/mol. The number of methoxy groups -OCH3 is 1. The number of ether oxygens (including phenoxy) is 8. The summed E-state index contributed by atoms with van der Waals surface area (Å²) in [6.07, 6.45) is -5.68. The number of hydrogen-bond donors (Lipinski definition) is 0. The lowest BCUT2D eigenvalue weighted by molar-refractivity contribution is -0.288. The van der Waals surface area contributed by atoms with Crippen LogP contribution in [0.2, 0.25) is 0 Å². The summed E-state index contributed by atoms with van der Waals surface area (Å²) in [6, 6.07) is 10.9. The van der Waals surface area contributed by atoms with Crippen LogP contribution in [-0.4, -0.2) is 68.3 Å². The van der Waals surface area contributed by atoms with Crippen molar-refractivity contribution < 1.29 is 61.5 Å². The van der Waals surface area contributed by atoms with Gasteiger partial charge in [-0.1, -0.05) is 0 Å². The Balaban J connectivity index is 1.65. The third-order valence-corrected chi connectivity index (χ3v) is 6.20. The maximum absolute atomic E-state index is 13.1. The topological polar surface area (TPSA) is 172 Å². The number of carbonyl (C=O) groups is 4. The molecule has 1 aliphatic rings. The number of fused-ring (bicyclic) bond motifs is 1. The van der Waals surface area contributed by atoms with E-state index in [0.29, 0.717) is 11.5 Å². The normalized spacial score (nSPS) is 21.1. The van der Waals surface area contributed by atoms with Gasteiger partial charge in [-0.25, -0.2) is 0 Å². The van der Waals surface area contributed by atoms with Gasteiger partial charge in [-0.15, -0.1) is 0 Å². The molecule has 2 heterocycles. The summed E-state index contributed by atoms with van der Waals surface area (Å²) in [5.41, 5.74) is -0.332. The maximum Gasteiger partial charge on any atom is 0.303 e. The van der Waals surface area contributed by atoms with Crippen LogP contribution >= 0.6 is 0 Å². The number of carbonyl (C=O) groups excluding carboxylic acids is 4. The third kappa shape index (κ3) is 7.83. The highest BCUT2D eigenvalue weighted by Crippen LogP contribution is 2.32. The van der Waals surface area contributed by atoms with Crippen molar-refractivity contribution in [3.8, 4) is 23.0 Å². The third-order valence-electron chi connectivity index (χ3n) is 6.20. The van der Waals surface area contributed by atoms with E-state index in [9.17, 15) is 24.0 Å². The SMILES string of the molecule is COc1ccc(Oc2coc3cc(O[C@@H]4O[C@H](COC(C)=O)[C@@H](OC(C)=O)[C@H](OC(C)=O)[C@H]4OC(C)=O)ccc3c2=O)cc1. The van der Waals surface area contributed by atoms with E-state index >= 15 is 0 Å². The predicted octanol–water partition coefficient (Wildman–Crippen LogP) is 3.06. The van der Waals surface area contributed by atoms with Gasteiger partial charge in [-0.3, -0.25) is 24.0 Å². The molecule has 1 saturated heterocycles. The van der Waals surface area contributed by atoms with E-state index in [2.05, 4.69) is 0 Å². The smallest absolute Gasteiger partial charge is 0.303 e. The fraction of sp³-hybridized carbons (Fsp3) is 0.367. The van der Waals surface area contributed by atoms with Crippen molar-refractivity contribution in [2.24, 2.45) is 0 Å². The van der Waals surface area contributed by atoms with Gasteiger partial charge < -0.3 is 42.3 Å². The molecule has 0 amide bonds. The van der Waals surface area contributed by atoms with E-state index < -0.39 is 66.6 Å². The summed E-state index contributed by atoms with van der Waals surface area (Å²) in [5, 5.41) is 0.171. The molecule has 44 heavy (non-hydrogen) atoms. The van der Waals surface area contributed by atoms with Gasteiger partial charge in [0.2, 0.25) is 23.6 Å². The minimum absolute atomic E-state index is 0.0593. The van der Waals surface area contributed by atoms with Gasteiger partial charge in [0.15, 0.2) is 12.2 Å². The Kier molecular flexibility index (Phi) is 10.1. The first-order valence-electron chi connectivity index (χ1n) is 13.3. The molecule has 1 fully saturated rings. The quantitative estimate of drug-likeness (QED) is 0.241. The van der Waals surface area contributed by atoms with E-state index in [0.717, 1.165) is 27.0 Å². The second kappa shape index (κ2) is 13.9. The monoisotopic (exact) mass is 614 g/mol. The highest BCUT2D eigenvalue weighted by atomic mass is 16.7. The zero-order valence-electron chi connectivity index (χ0n) is 24.4. The molecule has 0 N–H and O–H groups in total. The minimum Gasteiger partial charge on any atom is -0.497 e. The number of benzene rings is 2. The van der Waals surface area contributed by atoms with Gasteiger partial charge in [0, 0.05) is 33.8 Å². The molecule has 0 saturated carbocycles. The summed E-state index contributed by atoms with van der Waals surface area (Å²) in [7, 11) is 1.53. The fourth-order valence-electron chi connectivity index (χ4n) is 4.42. The lowest BCUT2D eigenvalue weighted by atomic mass is 9.98. The number of hydrogen-bond acceptors (Lipinski definition) is 14. The van der Waals surface area contributed by atoms with E-state index in [4.69, 9.17) is 42.3 Å². The van der Waals surface area contributed by atoms with Crippen LogP contribution in [0.4, 0.5) is 0 Å². The highest BCUT2D eigenvalue weighted by molar-refractivity contribution is 5.79. The molecule has 1 aliphatic heterocycles. The molecule has 0 unspecified atom stereocenters. The summed E-state index contributed by atoms with van der Waals surface area (Å²) in [5.74, 6) is -1.92. The molecule has 14 heteroatoms. The van der Waals surface area contributed by atoms with Crippen LogP contribution in [0.1, 0.15) is 27.7 Å². The van der Waals surface area contributed by atoms with Gasteiger partial charge in [0.1, 0.15) is 41.8 Å². The van der Waals surface area contributed by atoms with Crippen molar-refractivity contribution in [1.82, 2.24) is 0 Å². The van der Waals surface area contributed by atoms with Gasteiger partial charge in [0.05, 0.1) is 12.5 Å². The highest BCUT2D eigenvalue weighted by Gasteiger charge is 2.53. The Morgan fingerprint density at radius 3 is 1.95 bits per heavy atom. The molecular formula is C30H30O14. The van der Waals surface area contributed by atoms with Crippen LogP contribution in [0.25, 0.3) is 11.0 Å². The average Bonchev–Trinajstić information content (AvgIpc) is 2.96. The first-order valence-corrected chi connectivity index (χ1v) is 13.3. The molecule has 0 aliphatic carbocycles. The Morgan fingerprint density at radius 1 is 0.750 bits per heavy atom. The van der Waals surface area contributed by atoms with E-state index in [1.807, 2.05) is 0 Å². The summed E-state index contributed by atoms with van der Waals surface area (Å²) >= 11 is 0. The zero-order valence-corrected chi connectivity index (χ0v) is 24.4. The van der Waals surface area contributed by atoms with Gasteiger partial charge in [0.25, 0.3) is 0 Å². The summed E-state index contributed by atoms with van der Waals surface area (Å²) in [4.78, 5) is 60.7. The minimum atomic E-state index is -1.46. The van der Waals surface area contributed by atoms with Crippen LogP contribution in [-0.2, 0) is 42.9 Å². The molecule has 3 aromatic rings. The Bertz CT molecular complexity index is 1580. The van der Waals surface area contributed by atoms with Crippen LogP contribution in [0.5, 0.6) is 23.0 Å². The number of rotatable bonds is 10. The van der Waals surface area contributed by atoms with Crippen molar-refractivity contribution in [2.75, 3.05) is 13.7 Å². The molecule has 5 atom stereocenters. The number of esters is 4. The first kappa shape index (κ1) is 31.8. The van der Waals surface area contributed by atoms with Crippen LogP contribution < -0.4 is 19.6 Å². The second-order valence-corrected chi connectivity index (χ2v) is 9.55. The molecule has 4 rings (SSSR count). The second-order valence-electron chi connectivity index (χ2n) is 9.55. The van der Waals surface area contributed by atoms with E-state index in [-0.39, 0.29) is 22.5 Å². The van der Waals surface area contributed by atoms with Crippen molar-refractivity contribution in [3.63, 3.8) is 0 Å². The molecule has 0 radical (unpaired) electrons. The van der Waals surface area contributed by atoms with E-state index in [1.54, 1.807) is 24.3 Å². The lowest BCUT2D eigenvalue weighted by Crippen LogP contribution is -2.63. The molecule has 2 aromatic carbocycles. The van der Waals surface area contributed by atoms with Crippen LogP contribution in [0.15, 0.2) is 57.9 Å². The van der Waals surface area contributed by atoms with Gasteiger partial charge in [-0.05, 0) is 36.4 Å². The van der Waals surface area contributed by atoms with Crippen molar-refractivity contribution in [1.29, 1.82) is 0 Å². The Morgan fingerprint density at radius 2 is 1.34 bits per heavy atom. The van der Waals surface area contributed by atoms with Crippen LogP contribution in [0.3, 0.4) is 0 Å².